The minimum absolute atomic E-state index is 0.100. The second kappa shape index (κ2) is 13.6. The number of aliphatic hydroxyl groups is 2. The molecule has 8 heteroatoms. The summed E-state index contributed by atoms with van der Waals surface area (Å²) in [6.07, 6.45) is 5.03. The van der Waals surface area contributed by atoms with E-state index in [2.05, 4.69) is 22.8 Å². The van der Waals surface area contributed by atoms with E-state index in [-0.39, 0.29) is 18.7 Å². The Morgan fingerprint density at radius 3 is 2.59 bits per heavy atom. The summed E-state index contributed by atoms with van der Waals surface area (Å²) in [7, 11) is 0. The topological polar surface area (TPSA) is 103 Å². The van der Waals surface area contributed by atoms with Crippen LogP contribution in [0.2, 0.25) is 0 Å². The number of carbonyl (C=O) groups is 1. The number of amides is 2. The molecule has 1 unspecified atom stereocenters. The molecule has 1 heterocycles. The van der Waals surface area contributed by atoms with Crippen molar-refractivity contribution in [1.82, 2.24) is 15.5 Å². The highest BCUT2D eigenvalue weighted by Crippen LogP contribution is 2.28. The number of likely N-dealkylation sites (tertiary alicyclic amines) is 1. The zero-order chi connectivity index (χ0) is 22.6. The van der Waals surface area contributed by atoms with Gasteiger partial charge in [-0.3, -0.25) is 0 Å². The van der Waals surface area contributed by atoms with E-state index in [1.807, 2.05) is 12.1 Å². The molecule has 8 nitrogen and oxygen atoms in total. The van der Waals surface area contributed by atoms with Gasteiger partial charge in [0.25, 0.3) is 0 Å². The van der Waals surface area contributed by atoms with Crippen LogP contribution in [-0.2, 0) is 11.2 Å². The number of rotatable bonds is 14. The van der Waals surface area contributed by atoms with Gasteiger partial charge in [0.05, 0.1) is 6.10 Å². The third kappa shape index (κ3) is 9.73. The zero-order valence-corrected chi connectivity index (χ0v) is 19.0. The summed E-state index contributed by atoms with van der Waals surface area (Å²) < 4.78 is 11.3. The molecule has 4 N–H and O–H groups in total. The van der Waals surface area contributed by atoms with E-state index in [4.69, 9.17) is 9.47 Å². The number of ether oxygens (including phenoxy) is 2. The smallest absolute Gasteiger partial charge is 0.317 e. The number of aryl methyl sites for hydroxylation is 1. The zero-order valence-electron chi connectivity index (χ0n) is 19.0. The highest BCUT2D eigenvalue weighted by molar-refractivity contribution is 5.74. The Hall–Kier alpha value is -1.87. The van der Waals surface area contributed by atoms with E-state index in [1.54, 1.807) is 4.90 Å². The van der Waals surface area contributed by atoms with Crippen molar-refractivity contribution in [2.75, 3.05) is 52.5 Å². The lowest BCUT2D eigenvalue weighted by atomic mass is 10.1. The van der Waals surface area contributed by atoms with Gasteiger partial charge in [-0.05, 0) is 62.1 Å². The molecule has 0 aromatic heterocycles. The summed E-state index contributed by atoms with van der Waals surface area (Å²) in [6, 6.07) is 7.90. The molecule has 2 amide bonds. The van der Waals surface area contributed by atoms with Crippen molar-refractivity contribution >= 4 is 6.03 Å². The van der Waals surface area contributed by atoms with Crippen molar-refractivity contribution in [2.45, 2.75) is 50.7 Å². The molecule has 2 fully saturated rings. The Balaban J connectivity index is 1.18. The van der Waals surface area contributed by atoms with Crippen molar-refractivity contribution in [3.05, 3.63) is 29.8 Å². The lowest BCUT2D eigenvalue weighted by molar-refractivity contribution is 0.0936. The van der Waals surface area contributed by atoms with Crippen LogP contribution < -0.4 is 15.4 Å². The monoisotopic (exact) mass is 449 g/mol. The van der Waals surface area contributed by atoms with Crippen molar-refractivity contribution in [3.8, 4) is 5.75 Å². The van der Waals surface area contributed by atoms with Gasteiger partial charge >= 0.3 is 6.03 Å². The molecule has 1 aromatic rings. The summed E-state index contributed by atoms with van der Waals surface area (Å²) in [6.45, 7) is 4.58. The van der Waals surface area contributed by atoms with Crippen LogP contribution in [0.25, 0.3) is 0 Å². The van der Waals surface area contributed by atoms with Crippen LogP contribution in [-0.4, -0.2) is 85.9 Å². The molecule has 3 rings (SSSR count). The Morgan fingerprint density at radius 1 is 1.12 bits per heavy atom. The number of urea groups is 1. The van der Waals surface area contributed by atoms with Crippen molar-refractivity contribution < 1.29 is 24.5 Å². The normalized spacial score (nSPS) is 17.9. The van der Waals surface area contributed by atoms with Gasteiger partial charge in [0, 0.05) is 45.9 Å². The lowest BCUT2D eigenvalue weighted by Gasteiger charge is -2.29. The number of hydrogen-bond donors (Lipinski definition) is 4. The second-order valence-corrected chi connectivity index (χ2v) is 8.88. The first-order chi connectivity index (χ1) is 15.6. The van der Waals surface area contributed by atoms with Gasteiger partial charge < -0.3 is 35.2 Å². The van der Waals surface area contributed by atoms with Crippen LogP contribution in [0.1, 0.15) is 37.7 Å². The predicted octanol–water partition coefficient (Wildman–Crippen LogP) is 1.54. The first-order valence-electron chi connectivity index (χ1n) is 12.0. The molecule has 1 aliphatic carbocycles. The first-order valence-corrected chi connectivity index (χ1v) is 12.0. The predicted molar refractivity (Wildman–Crippen MR) is 123 cm³/mol. The van der Waals surface area contributed by atoms with E-state index in [1.165, 1.54) is 18.4 Å². The van der Waals surface area contributed by atoms with Crippen LogP contribution in [0, 0.1) is 5.92 Å². The largest absolute Gasteiger partial charge is 0.491 e. The van der Waals surface area contributed by atoms with Gasteiger partial charge in [0.1, 0.15) is 18.5 Å². The van der Waals surface area contributed by atoms with E-state index < -0.39 is 6.10 Å². The maximum Gasteiger partial charge on any atom is 0.317 e. The van der Waals surface area contributed by atoms with Gasteiger partial charge in [-0.1, -0.05) is 12.1 Å². The molecule has 0 spiro atoms. The highest BCUT2D eigenvalue weighted by Gasteiger charge is 2.21. The summed E-state index contributed by atoms with van der Waals surface area (Å²) in [5.41, 5.74) is 1.26. The first kappa shape index (κ1) is 24.8. The van der Waals surface area contributed by atoms with Gasteiger partial charge in [-0.2, -0.15) is 0 Å². The number of carbonyl (C=O) groups excluding carboxylic acids is 1. The molecule has 1 saturated heterocycles. The van der Waals surface area contributed by atoms with Crippen molar-refractivity contribution in [2.24, 2.45) is 5.92 Å². The Morgan fingerprint density at radius 2 is 1.88 bits per heavy atom. The summed E-state index contributed by atoms with van der Waals surface area (Å²) in [5, 5.41) is 25.6. The van der Waals surface area contributed by atoms with Crippen LogP contribution in [0.15, 0.2) is 24.3 Å². The van der Waals surface area contributed by atoms with Crippen LogP contribution in [0.3, 0.4) is 0 Å². The molecule has 180 valence electrons. The van der Waals surface area contributed by atoms with Crippen molar-refractivity contribution in [3.63, 3.8) is 0 Å². The maximum atomic E-state index is 12.0. The fraction of sp³-hybridized carbons (Fsp3) is 0.708. The second-order valence-electron chi connectivity index (χ2n) is 8.88. The third-order valence-corrected chi connectivity index (χ3v) is 5.88. The van der Waals surface area contributed by atoms with Crippen LogP contribution in [0.5, 0.6) is 5.75 Å². The molecule has 2 aliphatic rings. The number of hydrogen-bond acceptors (Lipinski definition) is 6. The molecule has 0 radical (unpaired) electrons. The van der Waals surface area contributed by atoms with E-state index in [0.717, 1.165) is 37.7 Å². The summed E-state index contributed by atoms with van der Waals surface area (Å²) in [5.74, 6) is 1.57. The van der Waals surface area contributed by atoms with E-state index in [0.29, 0.717) is 45.6 Å². The molecule has 32 heavy (non-hydrogen) atoms. The number of benzene rings is 1. The van der Waals surface area contributed by atoms with Crippen LogP contribution in [0.4, 0.5) is 4.79 Å². The number of nitrogens with zero attached hydrogens (tertiary/aromatic N) is 1. The SMILES string of the molecule is O=C(NCCNCC(O)COc1ccc(CCCOCC2CC2)cc1)N1CCC(O)CC1. The summed E-state index contributed by atoms with van der Waals surface area (Å²) in [4.78, 5) is 13.8. The molecular weight excluding hydrogens is 410 g/mol. The molecular formula is C24H39N3O5. The standard InChI is InChI=1S/C24H39N3O5/c28-21-9-13-27(14-10-21)24(30)26-12-11-25-16-22(29)18-32-23-7-5-19(6-8-23)2-1-15-31-17-20-3-4-20/h5-8,20-22,25,28-29H,1-4,9-18H2,(H,26,30). The Bertz CT molecular complexity index is 660. The minimum atomic E-state index is -0.627. The fourth-order valence-corrected chi connectivity index (χ4v) is 3.62. The van der Waals surface area contributed by atoms with Crippen molar-refractivity contribution in [1.29, 1.82) is 0 Å². The highest BCUT2D eigenvalue weighted by atomic mass is 16.5. The Kier molecular flexibility index (Phi) is 10.5. The average molecular weight is 450 g/mol. The average Bonchev–Trinajstić information content (AvgIpc) is 3.63. The number of nitrogens with one attached hydrogen (secondary N) is 2. The maximum absolute atomic E-state index is 12.0. The van der Waals surface area contributed by atoms with Gasteiger partial charge in [-0.25, -0.2) is 4.79 Å². The van der Waals surface area contributed by atoms with E-state index >= 15 is 0 Å². The van der Waals surface area contributed by atoms with Crippen LogP contribution >= 0.6 is 0 Å². The molecule has 1 aromatic carbocycles. The number of piperidine rings is 1. The quantitative estimate of drug-likeness (QED) is 0.321. The van der Waals surface area contributed by atoms with Gasteiger partial charge in [0.15, 0.2) is 0 Å². The lowest BCUT2D eigenvalue weighted by Crippen LogP contribution is -2.47. The fourth-order valence-electron chi connectivity index (χ4n) is 3.62. The summed E-state index contributed by atoms with van der Waals surface area (Å²) >= 11 is 0. The molecule has 1 saturated carbocycles. The van der Waals surface area contributed by atoms with E-state index in [9.17, 15) is 15.0 Å². The minimum Gasteiger partial charge on any atom is -0.491 e. The molecule has 1 atom stereocenters. The third-order valence-electron chi connectivity index (χ3n) is 5.88. The molecule has 1 aliphatic heterocycles. The molecule has 0 bridgehead atoms. The Labute approximate surface area is 191 Å². The number of aliphatic hydroxyl groups excluding tert-OH is 2. The van der Waals surface area contributed by atoms with Gasteiger partial charge in [0.2, 0.25) is 0 Å². The van der Waals surface area contributed by atoms with Gasteiger partial charge in [-0.15, -0.1) is 0 Å².